The Morgan fingerprint density at radius 3 is 2.06 bits per heavy atom. The molecule has 1 aliphatic rings. The van der Waals surface area contributed by atoms with Crippen molar-refractivity contribution in [1.29, 1.82) is 0 Å². The number of hydrogen-bond acceptors (Lipinski definition) is 5. The number of anilines is 1. The summed E-state index contributed by atoms with van der Waals surface area (Å²) in [4.78, 5) is 37.6. The van der Waals surface area contributed by atoms with E-state index >= 15 is 0 Å². The number of imide groups is 1. The molecule has 0 fully saturated rings. The quantitative estimate of drug-likeness (QED) is 0.473. The van der Waals surface area contributed by atoms with Crippen LogP contribution in [0.5, 0.6) is 0 Å². The summed E-state index contributed by atoms with van der Waals surface area (Å²) < 4.78 is 27.8. The van der Waals surface area contributed by atoms with Crippen LogP contribution in [0.1, 0.15) is 43.6 Å². The summed E-state index contributed by atoms with van der Waals surface area (Å²) in [5.41, 5.74) is 2.03. The largest absolute Gasteiger partial charge is 0.295 e. The summed E-state index contributed by atoms with van der Waals surface area (Å²) in [6.07, 6.45) is 0. The Balaban J connectivity index is 1.51. The standard InChI is InChI=1S/C23H18N2O5S/c1-15(26)17-5-4-6-18(13-17)24-31(29,30)19-11-9-16(10-12-19)14-25-22(27)20-7-2-3-8-21(20)23(25)28/h2-13,24H,14H2,1H3. The smallest absolute Gasteiger partial charge is 0.261 e. The van der Waals surface area contributed by atoms with Crippen molar-refractivity contribution in [3.63, 3.8) is 0 Å². The number of nitrogens with one attached hydrogen (secondary N) is 1. The molecular weight excluding hydrogens is 416 g/mol. The van der Waals surface area contributed by atoms with E-state index in [9.17, 15) is 22.8 Å². The Labute approximate surface area is 179 Å². The zero-order chi connectivity index (χ0) is 22.2. The normalized spacial score (nSPS) is 13.3. The Hall–Kier alpha value is -3.78. The molecule has 1 N–H and O–H groups in total. The molecule has 1 aliphatic heterocycles. The molecule has 0 aromatic heterocycles. The van der Waals surface area contributed by atoms with Crippen LogP contribution >= 0.6 is 0 Å². The molecule has 8 heteroatoms. The van der Waals surface area contributed by atoms with Crippen molar-refractivity contribution in [3.8, 4) is 0 Å². The maximum Gasteiger partial charge on any atom is 0.261 e. The van der Waals surface area contributed by atoms with Crippen molar-refractivity contribution in [3.05, 3.63) is 95.1 Å². The number of nitrogens with zero attached hydrogens (tertiary/aromatic N) is 1. The average molecular weight is 434 g/mol. The molecule has 156 valence electrons. The summed E-state index contributed by atoms with van der Waals surface area (Å²) in [6, 6.07) is 18.8. The zero-order valence-corrected chi connectivity index (χ0v) is 17.3. The number of Topliss-reactive ketones (excluding diaryl/α,β-unsaturated/α-hetero) is 1. The molecule has 31 heavy (non-hydrogen) atoms. The van der Waals surface area contributed by atoms with Gasteiger partial charge in [0.1, 0.15) is 0 Å². The van der Waals surface area contributed by atoms with Crippen LogP contribution in [0.25, 0.3) is 0 Å². The van der Waals surface area contributed by atoms with E-state index in [1.165, 1.54) is 25.1 Å². The van der Waals surface area contributed by atoms with E-state index in [1.807, 2.05) is 0 Å². The van der Waals surface area contributed by atoms with Crippen molar-refractivity contribution in [2.24, 2.45) is 0 Å². The van der Waals surface area contributed by atoms with Gasteiger partial charge in [-0.25, -0.2) is 8.42 Å². The van der Waals surface area contributed by atoms with Crippen LogP contribution in [0.3, 0.4) is 0 Å². The SMILES string of the molecule is CC(=O)c1cccc(NS(=O)(=O)c2ccc(CN3C(=O)c4ccccc4C3=O)cc2)c1. The molecule has 0 atom stereocenters. The molecule has 0 unspecified atom stereocenters. The Morgan fingerprint density at radius 2 is 1.48 bits per heavy atom. The maximum atomic E-state index is 12.7. The van der Waals surface area contributed by atoms with Gasteiger partial charge in [0.2, 0.25) is 0 Å². The fourth-order valence-corrected chi connectivity index (χ4v) is 4.40. The van der Waals surface area contributed by atoms with Gasteiger partial charge in [-0.2, -0.15) is 0 Å². The Kier molecular flexibility index (Phi) is 5.16. The van der Waals surface area contributed by atoms with Crippen LogP contribution in [0, 0.1) is 0 Å². The van der Waals surface area contributed by atoms with Gasteiger partial charge in [-0.05, 0) is 48.9 Å². The molecule has 0 saturated carbocycles. The fraction of sp³-hybridized carbons (Fsp3) is 0.0870. The molecule has 0 aliphatic carbocycles. The number of fused-ring (bicyclic) bond motifs is 1. The molecule has 0 saturated heterocycles. The highest BCUT2D eigenvalue weighted by Crippen LogP contribution is 2.25. The monoisotopic (exact) mass is 434 g/mol. The summed E-state index contributed by atoms with van der Waals surface area (Å²) >= 11 is 0. The van der Waals surface area contributed by atoms with Gasteiger partial charge >= 0.3 is 0 Å². The molecule has 0 bridgehead atoms. The van der Waals surface area contributed by atoms with Gasteiger partial charge in [0.25, 0.3) is 21.8 Å². The van der Waals surface area contributed by atoms with Crippen LogP contribution in [-0.4, -0.2) is 30.9 Å². The van der Waals surface area contributed by atoms with E-state index in [0.717, 1.165) is 4.90 Å². The topological polar surface area (TPSA) is 101 Å². The number of sulfonamides is 1. The number of rotatable bonds is 6. The molecule has 4 rings (SSSR count). The van der Waals surface area contributed by atoms with Crippen molar-refractivity contribution in [1.82, 2.24) is 4.90 Å². The number of carbonyl (C=O) groups excluding carboxylic acids is 3. The second kappa shape index (κ2) is 7.81. The highest BCUT2D eigenvalue weighted by Gasteiger charge is 2.34. The first kappa shape index (κ1) is 20.5. The van der Waals surface area contributed by atoms with E-state index in [4.69, 9.17) is 0 Å². The predicted molar refractivity (Wildman–Crippen MR) is 114 cm³/mol. The minimum atomic E-state index is -3.87. The first-order chi connectivity index (χ1) is 14.8. The summed E-state index contributed by atoms with van der Waals surface area (Å²) in [5.74, 6) is -0.910. The fourth-order valence-electron chi connectivity index (χ4n) is 3.36. The molecule has 0 radical (unpaired) electrons. The Bertz CT molecular complexity index is 1280. The van der Waals surface area contributed by atoms with E-state index < -0.39 is 10.0 Å². The molecule has 0 spiro atoms. The van der Waals surface area contributed by atoms with E-state index in [-0.39, 0.29) is 34.7 Å². The van der Waals surface area contributed by atoms with Crippen LogP contribution in [0.2, 0.25) is 0 Å². The van der Waals surface area contributed by atoms with Gasteiger partial charge < -0.3 is 0 Å². The third-order valence-electron chi connectivity index (χ3n) is 4.97. The van der Waals surface area contributed by atoms with Crippen LogP contribution in [-0.2, 0) is 16.6 Å². The maximum absolute atomic E-state index is 12.7. The molecule has 7 nitrogen and oxygen atoms in total. The van der Waals surface area contributed by atoms with Crippen LogP contribution < -0.4 is 4.72 Å². The van der Waals surface area contributed by atoms with Gasteiger partial charge in [-0.15, -0.1) is 0 Å². The molecule has 3 aromatic carbocycles. The molecule has 2 amide bonds. The first-order valence-corrected chi connectivity index (χ1v) is 10.9. The minimum absolute atomic E-state index is 0.0202. The number of hydrogen-bond donors (Lipinski definition) is 1. The lowest BCUT2D eigenvalue weighted by molar-refractivity contribution is 0.0642. The number of carbonyl (C=O) groups is 3. The van der Waals surface area contributed by atoms with Crippen molar-refractivity contribution >= 4 is 33.3 Å². The zero-order valence-electron chi connectivity index (χ0n) is 16.5. The number of ketones is 1. The third-order valence-corrected chi connectivity index (χ3v) is 6.37. The number of amides is 2. The third kappa shape index (κ3) is 3.97. The van der Waals surface area contributed by atoms with Gasteiger partial charge in [0.05, 0.1) is 22.6 Å². The van der Waals surface area contributed by atoms with Crippen LogP contribution in [0.15, 0.2) is 77.7 Å². The second-order valence-corrected chi connectivity index (χ2v) is 8.81. The summed E-state index contributed by atoms with van der Waals surface area (Å²) in [7, 11) is -3.87. The number of benzene rings is 3. The lowest BCUT2D eigenvalue weighted by Gasteiger charge is -2.14. The highest BCUT2D eigenvalue weighted by atomic mass is 32.2. The minimum Gasteiger partial charge on any atom is -0.295 e. The highest BCUT2D eigenvalue weighted by molar-refractivity contribution is 7.92. The van der Waals surface area contributed by atoms with Crippen molar-refractivity contribution < 1.29 is 22.8 Å². The lowest BCUT2D eigenvalue weighted by Crippen LogP contribution is -2.29. The van der Waals surface area contributed by atoms with Crippen LogP contribution in [0.4, 0.5) is 5.69 Å². The second-order valence-electron chi connectivity index (χ2n) is 7.13. The molecule has 3 aromatic rings. The molecule has 1 heterocycles. The predicted octanol–water partition coefficient (Wildman–Crippen LogP) is 3.49. The van der Waals surface area contributed by atoms with Gasteiger partial charge in [0.15, 0.2) is 5.78 Å². The lowest BCUT2D eigenvalue weighted by atomic mass is 10.1. The van der Waals surface area contributed by atoms with E-state index in [0.29, 0.717) is 22.3 Å². The van der Waals surface area contributed by atoms with Gasteiger partial charge in [-0.1, -0.05) is 36.4 Å². The first-order valence-electron chi connectivity index (χ1n) is 9.44. The van der Waals surface area contributed by atoms with Gasteiger partial charge in [0, 0.05) is 11.3 Å². The summed E-state index contributed by atoms with van der Waals surface area (Å²) in [5, 5.41) is 0. The van der Waals surface area contributed by atoms with E-state index in [1.54, 1.807) is 54.6 Å². The van der Waals surface area contributed by atoms with E-state index in [2.05, 4.69) is 4.72 Å². The van der Waals surface area contributed by atoms with Crippen molar-refractivity contribution in [2.45, 2.75) is 18.4 Å². The Morgan fingerprint density at radius 1 is 0.871 bits per heavy atom. The summed E-state index contributed by atoms with van der Waals surface area (Å²) in [6.45, 7) is 1.45. The average Bonchev–Trinajstić information content (AvgIpc) is 2.99. The van der Waals surface area contributed by atoms with Crippen molar-refractivity contribution in [2.75, 3.05) is 4.72 Å². The van der Waals surface area contributed by atoms with Gasteiger partial charge in [-0.3, -0.25) is 24.0 Å². The molecular formula is C23H18N2O5S.